The van der Waals surface area contributed by atoms with Crippen LogP contribution in [0, 0.1) is 0 Å². The first-order chi connectivity index (χ1) is 33.7. The third-order valence-electron chi connectivity index (χ3n) is 17.2. The molecule has 0 aliphatic heterocycles. The molecule has 0 atom stereocenters. The summed E-state index contributed by atoms with van der Waals surface area (Å²) in [6, 6.07) is 67.2. The fraction of sp³-hybridized carbons (Fsp3) is 0.209. The fourth-order valence-electron chi connectivity index (χ4n) is 14.1. The molecule has 9 aromatic rings. The molecule has 8 aromatic carbocycles. The zero-order chi connectivity index (χ0) is 44.8. The largest absolute Gasteiger partial charge is 0.248 e. The van der Waals surface area contributed by atoms with Gasteiger partial charge in [-0.1, -0.05) is 202 Å². The summed E-state index contributed by atoms with van der Waals surface area (Å²) in [5.41, 5.74) is 24.4. The first-order valence-corrected chi connectivity index (χ1v) is 25.6. The van der Waals surface area contributed by atoms with Gasteiger partial charge in [-0.2, -0.15) is 0 Å². The first-order valence-electron chi connectivity index (χ1n) is 25.6. The molecule has 2 saturated carbocycles. The van der Waals surface area contributed by atoms with Crippen LogP contribution in [-0.4, -0.2) is 4.98 Å². The molecule has 0 bridgehead atoms. The normalized spacial score (nSPS) is 17.4. The molecule has 328 valence electrons. The molecule has 68 heavy (non-hydrogen) atoms. The van der Waals surface area contributed by atoms with Gasteiger partial charge in [-0.3, -0.25) is 0 Å². The average Bonchev–Trinajstić information content (AvgIpc) is 3.83. The topological polar surface area (TPSA) is 12.9 Å². The quantitative estimate of drug-likeness (QED) is 0.157. The highest BCUT2D eigenvalue weighted by Gasteiger charge is 2.46. The molecule has 2 fully saturated rings. The van der Waals surface area contributed by atoms with Gasteiger partial charge in [-0.05, 0) is 163 Å². The summed E-state index contributed by atoms with van der Waals surface area (Å²) in [6.45, 7) is 0. The minimum absolute atomic E-state index is 0.0670. The second-order valence-electron chi connectivity index (χ2n) is 20.6. The van der Waals surface area contributed by atoms with Crippen LogP contribution in [0.4, 0.5) is 0 Å². The summed E-state index contributed by atoms with van der Waals surface area (Å²) in [4.78, 5) is 5.30. The number of nitrogens with zero attached hydrogens (tertiary/aromatic N) is 1. The van der Waals surface area contributed by atoms with Crippen molar-refractivity contribution in [1.82, 2.24) is 4.98 Å². The van der Waals surface area contributed by atoms with Crippen molar-refractivity contribution < 1.29 is 0 Å². The lowest BCUT2D eigenvalue weighted by Gasteiger charge is -2.38. The standard InChI is InChI=1S/C67H55N/c1-5-19-44(20-6-1)62-42-49(43-63(68-62)45-21-7-2-8-22-45)46-29-34-56-57(39-46)65(48-31-33-53-51-24-12-14-28-59(51)67(61(53)41-48)37-17-4-18-38-67)55-26-10-9-25-54(55)64(56)47-30-32-52-50-23-11-13-27-58(50)66(60(52)40-47)35-15-3-16-36-66/h1-2,5-12,14,19-26,28-34,39-43H,3-4,13,15-18,27,35-38H2. The van der Waals surface area contributed by atoms with Crippen molar-refractivity contribution in [1.29, 1.82) is 0 Å². The van der Waals surface area contributed by atoms with Crippen LogP contribution in [0.25, 0.3) is 94.1 Å². The Morgan fingerprint density at radius 2 is 0.882 bits per heavy atom. The van der Waals surface area contributed by atoms with Crippen LogP contribution in [0.5, 0.6) is 0 Å². The summed E-state index contributed by atoms with van der Waals surface area (Å²) in [7, 11) is 0. The molecule has 0 saturated heterocycles. The van der Waals surface area contributed by atoms with Crippen molar-refractivity contribution >= 4 is 27.1 Å². The van der Waals surface area contributed by atoms with E-state index in [0.29, 0.717) is 0 Å². The van der Waals surface area contributed by atoms with Gasteiger partial charge in [-0.15, -0.1) is 0 Å². The number of rotatable bonds is 5. The Bertz CT molecular complexity index is 3500. The van der Waals surface area contributed by atoms with Gasteiger partial charge in [-0.25, -0.2) is 4.98 Å². The van der Waals surface area contributed by atoms with Gasteiger partial charge in [0.1, 0.15) is 0 Å². The fourth-order valence-corrected chi connectivity index (χ4v) is 14.1. The minimum Gasteiger partial charge on any atom is -0.248 e. The van der Waals surface area contributed by atoms with E-state index in [1.807, 2.05) is 0 Å². The smallest absolute Gasteiger partial charge is 0.0715 e. The molecule has 2 spiro atoms. The molecule has 14 rings (SSSR count). The molecular formula is C67H55N. The van der Waals surface area contributed by atoms with Crippen LogP contribution < -0.4 is 0 Å². The predicted molar refractivity (Wildman–Crippen MR) is 286 cm³/mol. The number of benzene rings is 8. The summed E-state index contributed by atoms with van der Waals surface area (Å²) >= 11 is 0. The zero-order valence-electron chi connectivity index (χ0n) is 38.8. The Kier molecular flexibility index (Phi) is 9.27. The van der Waals surface area contributed by atoms with Gasteiger partial charge < -0.3 is 0 Å². The molecule has 0 amide bonds. The molecule has 1 aromatic heterocycles. The summed E-state index contributed by atoms with van der Waals surface area (Å²) < 4.78 is 0. The van der Waals surface area contributed by atoms with Crippen molar-refractivity contribution in [3.8, 4) is 67.0 Å². The van der Waals surface area contributed by atoms with Gasteiger partial charge in [0.2, 0.25) is 0 Å². The maximum Gasteiger partial charge on any atom is 0.0715 e. The maximum absolute atomic E-state index is 5.30. The Morgan fingerprint density at radius 1 is 0.353 bits per heavy atom. The lowest BCUT2D eigenvalue weighted by molar-refractivity contribution is 0.338. The lowest BCUT2D eigenvalue weighted by Crippen LogP contribution is -2.29. The van der Waals surface area contributed by atoms with Crippen molar-refractivity contribution in [2.24, 2.45) is 0 Å². The minimum atomic E-state index is 0.0670. The van der Waals surface area contributed by atoms with E-state index in [1.165, 1.54) is 153 Å². The highest BCUT2D eigenvalue weighted by atomic mass is 14.7. The van der Waals surface area contributed by atoms with Crippen molar-refractivity contribution in [2.75, 3.05) is 0 Å². The Balaban J connectivity index is 1.04. The predicted octanol–water partition coefficient (Wildman–Crippen LogP) is 18.3. The summed E-state index contributed by atoms with van der Waals surface area (Å²) in [5, 5.41) is 5.26. The van der Waals surface area contributed by atoms with Crippen molar-refractivity contribution in [3.05, 3.63) is 216 Å². The number of hydrogen-bond acceptors (Lipinski definition) is 1. The number of hydrogen-bond donors (Lipinski definition) is 0. The first kappa shape index (κ1) is 40.0. The van der Waals surface area contributed by atoms with Crippen molar-refractivity contribution in [3.63, 3.8) is 0 Å². The Labute approximate surface area is 401 Å². The van der Waals surface area contributed by atoms with Crippen LogP contribution in [0.1, 0.15) is 99.3 Å². The molecule has 5 aliphatic carbocycles. The van der Waals surface area contributed by atoms with Gasteiger partial charge in [0.15, 0.2) is 0 Å². The lowest BCUT2D eigenvalue weighted by atomic mass is 9.65. The van der Waals surface area contributed by atoms with Crippen molar-refractivity contribution in [2.45, 2.75) is 87.9 Å². The van der Waals surface area contributed by atoms with Crippen LogP contribution in [-0.2, 0) is 10.8 Å². The van der Waals surface area contributed by atoms with Crippen LogP contribution in [0.3, 0.4) is 0 Å². The molecule has 0 N–H and O–H groups in total. The highest BCUT2D eigenvalue weighted by molar-refractivity contribution is 6.22. The third-order valence-corrected chi connectivity index (χ3v) is 17.2. The number of aromatic nitrogens is 1. The second kappa shape index (κ2) is 15.7. The zero-order valence-corrected chi connectivity index (χ0v) is 38.8. The van der Waals surface area contributed by atoms with Crippen LogP contribution in [0.15, 0.2) is 194 Å². The van der Waals surface area contributed by atoms with E-state index in [2.05, 4.69) is 188 Å². The van der Waals surface area contributed by atoms with Gasteiger partial charge in [0.05, 0.1) is 11.4 Å². The van der Waals surface area contributed by atoms with Crippen LogP contribution >= 0.6 is 0 Å². The van der Waals surface area contributed by atoms with E-state index in [-0.39, 0.29) is 10.8 Å². The van der Waals surface area contributed by atoms with E-state index < -0.39 is 0 Å². The number of fused-ring (bicyclic) bond motifs is 11. The molecule has 1 heterocycles. The maximum atomic E-state index is 5.30. The average molecular weight is 874 g/mol. The van der Waals surface area contributed by atoms with Gasteiger partial charge in [0, 0.05) is 22.0 Å². The molecule has 0 radical (unpaired) electrons. The van der Waals surface area contributed by atoms with E-state index in [1.54, 1.807) is 16.7 Å². The SMILES string of the molecule is C1=CC2=C(CC1)C1(CCCCC1)c1cc(-c3c4ccccc4c(-c4ccc5c(c4)C4(CCCCC4)c4ccccc4-5)c4cc(-c5cc(-c6ccccc6)nc(-c6ccccc6)c5)ccc34)ccc12. The van der Waals surface area contributed by atoms with Gasteiger partial charge >= 0.3 is 0 Å². The van der Waals surface area contributed by atoms with E-state index >= 15 is 0 Å². The van der Waals surface area contributed by atoms with Gasteiger partial charge in [0.25, 0.3) is 0 Å². The molecular weight excluding hydrogens is 819 g/mol. The van der Waals surface area contributed by atoms with E-state index in [0.717, 1.165) is 28.9 Å². The highest BCUT2D eigenvalue weighted by Crippen LogP contribution is 2.59. The molecule has 5 aliphatic rings. The second-order valence-corrected chi connectivity index (χ2v) is 20.6. The van der Waals surface area contributed by atoms with Crippen LogP contribution in [0.2, 0.25) is 0 Å². The Morgan fingerprint density at radius 3 is 1.56 bits per heavy atom. The monoisotopic (exact) mass is 873 g/mol. The molecule has 0 unspecified atom stereocenters. The molecule has 1 nitrogen and oxygen atoms in total. The number of pyridine rings is 1. The Hall–Kier alpha value is -7.09. The number of allylic oxidation sites excluding steroid dienone is 4. The third kappa shape index (κ3) is 6.04. The molecule has 1 heteroatoms. The summed E-state index contributed by atoms with van der Waals surface area (Å²) in [6.07, 6.45) is 20.1. The summed E-state index contributed by atoms with van der Waals surface area (Å²) in [5.74, 6) is 0. The van der Waals surface area contributed by atoms with E-state index in [9.17, 15) is 0 Å². The van der Waals surface area contributed by atoms with E-state index in [4.69, 9.17) is 4.98 Å².